The standard InChI is InChI=1S/C13H13FN2O2S/c1-17-8-9-19-13-15-7-6-12(16-13)18-11-4-2-10(14)3-5-11/h2-7H,8-9H2,1H3. The van der Waals surface area contributed by atoms with E-state index in [-0.39, 0.29) is 5.82 Å². The van der Waals surface area contributed by atoms with Gasteiger partial charge in [-0.15, -0.1) is 0 Å². The van der Waals surface area contributed by atoms with Crippen LogP contribution < -0.4 is 4.74 Å². The van der Waals surface area contributed by atoms with Crippen molar-refractivity contribution in [2.24, 2.45) is 0 Å². The van der Waals surface area contributed by atoms with E-state index in [1.807, 2.05) is 0 Å². The van der Waals surface area contributed by atoms with Gasteiger partial charge in [-0.05, 0) is 24.3 Å². The van der Waals surface area contributed by atoms with Gasteiger partial charge in [-0.25, -0.2) is 9.37 Å². The van der Waals surface area contributed by atoms with Crippen molar-refractivity contribution in [1.29, 1.82) is 0 Å². The number of halogens is 1. The summed E-state index contributed by atoms with van der Waals surface area (Å²) < 4.78 is 23.2. The van der Waals surface area contributed by atoms with Gasteiger partial charge in [0.1, 0.15) is 11.6 Å². The maximum Gasteiger partial charge on any atom is 0.223 e. The molecule has 4 nitrogen and oxygen atoms in total. The van der Waals surface area contributed by atoms with Gasteiger partial charge in [0.15, 0.2) is 5.16 Å². The minimum absolute atomic E-state index is 0.300. The maximum absolute atomic E-state index is 12.8. The van der Waals surface area contributed by atoms with Crippen molar-refractivity contribution >= 4 is 11.8 Å². The summed E-state index contributed by atoms with van der Waals surface area (Å²) in [6.45, 7) is 0.636. The minimum atomic E-state index is -0.300. The van der Waals surface area contributed by atoms with Crippen molar-refractivity contribution in [1.82, 2.24) is 9.97 Å². The summed E-state index contributed by atoms with van der Waals surface area (Å²) in [6, 6.07) is 7.43. The molecular formula is C13H13FN2O2S. The fraction of sp³-hybridized carbons (Fsp3) is 0.231. The summed E-state index contributed by atoms with van der Waals surface area (Å²) in [5, 5.41) is 0.622. The SMILES string of the molecule is COCCSc1nccc(Oc2ccc(F)cc2)n1. The van der Waals surface area contributed by atoms with Crippen LogP contribution >= 0.6 is 11.8 Å². The van der Waals surface area contributed by atoms with Crippen LogP contribution in [0.15, 0.2) is 41.7 Å². The van der Waals surface area contributed by atoms with Crippen molar-refractivity contribution in [2.45, 2.75) is 5.16 Å². The highest BCUT2D eigenvalue weighted by atomic mass is 32.2. The van der Waals surface area contributed by atoms with Gasteiger partial charge >= 0.3 is 0 Å². The number of nitrogens with zero attached hydrogens (tertiary/aromatic N) is 2. The molecule has 1 heterocycles. The molecule has 0 fully saturated rings. The van der Waals surface area contributed by atoms with Crippen molar-refractivity contribution in [3.63, 3.8) is 0 Å². The normalized spacial score (nSPS) is 10.4. The number of benzene rings is 1. The Morgan fingerprint density at radius 1 is 1.21 bits per heavy atom. The highest BCUT2D eigenvalue weighted by Crippen LogP contribution is 2.21. The van der Waals surface area contributed by atoms with Gasteiger partial charge < -0.3 is 9.47 Å². The minimum Gasteiger partial charge on any atom is -0.439 e. The molecule has 0 radical (unpaired) electrons. The van der Waals surface area contributed by atoms with E-state index >= 15 is 0 Å². The second kappa shape index (κ2) is 7.06. The van der Waals surface area contributed by atoms with Gasteiger partial charge in [0.25, 0.3) is 0 Å². The summed E-state index contributed by atoms with van der Waals surface area (Å²) in [4.78, 5) is 8.37. The van der Waals surface area contributed by atoms with E-state index in [9.17, 15) is 4.39 Å². The zero-order chi connectivity index (χ0) is 13.5. The average Bonchev–Trinajstić information content (AvgIpc) is 2.42. The predicted octanol–water partition coefficient (Wildman–Crippen LogP) is 3.15. The zero-order valence-corrected chi connectivity index (χ0v) is 11.2. The van der Waals surface area contributed by atoms with E-state index < -0.39 is 0 Å². The Balaban J connectivity index is 2.00. The van der Waals surface area contributed by atoms with Crippen LogP contribution in [0.2, 0.25) is 0 Å². The van der Waals surface area contributed by atoms with Crippen LogP contribution in [0.3, 0.4) is 0 Å². The Kier molecular flexibility index (Phi) is 5.11. The van der Waals surface area contributed by atoms with E-state index in [2.05, 4.69) is 9.97 Å². The average molecular weight is 280 g/mol. The highest BCUT2D eigenvalue weighted by Gasteiger charge is 2.03. The molecule has 0 saturated carbocycles. The monoisotopic (exact) mass is 280 g/mol. The number of hydrogen-bond donors (Lipinski definition) is 0. The smallest absolute Gasteiger partial charge is 0.223 e. The first kappa shape index (κ1) is 13.8. The Morgan fingerprint density at radius 3 is 2.74 bits per heavy atom. The summed E-state index contributed by atoms with van der Waals surface area (Å²) in [6.07, 6.45) is 1.63. The van der Waals surface area contributed by atoms with Gasteiger partial charge in [-0.1, -0.05) is 11.8 Å². The van der Waals surface area contributed by atoms with Crippen LogP contribution in [0.5, 0.6) is 11.6 Å². The van der Waals surface area contributed by atoms with Gasteiger partial charge in [0.2, 0.25) is 5.88 Å². The first-order valence-electron chi connectivity index (χ1n) is 5.66. The first-order valence-corrected chi connectivity index (χ1v) is 6.64. The van der Waals surface area contributed by atoms with E-state index in [1.54, 1.807) is 31.5 Å². The molecular weight excluding hydrogens is 267 g/mol. The summed E-state index contributed by atoms with van der Waals surface area (Å²) in [5.41, 5.74) is 0. The molecule has 0 aliphatic heterocycles. The summed E-state index contributed by atoms with van der Waals surface area (Å²) in [5.74, 6) is 1.44. The fourth-order valence-corrected chi connectivity index (χ4v) is 2.01. The third kappa shape index (κ3) is 4.50. The first-order chi connectivity index (χ1) is 9.28. The quantitative estimate of drug-likeness (QED) is 0.462. The van der Waals surface area contributed by atoms with Gasteiger partial charge in [0, 0.05) is 25.1 Å². The molecule has 0 aliphatic rings. The number of rotatable bonds is 6. The van der Waals surface area contributed by atoms with Crippen molar-refractivity contribution in [2.75, 3.05) is 19.5 Å². The van der Waals surface area contributed by atoms with Crippen molar-refractivity contribution < 1.29 is 13.9 Å². The maximum atomic E-state index is 12.8. The topological polar surface area (TPSA) is 44.2 Å². The zero-order valence-electron chi connectivity index (χ0n) is 10.4. The summed E-state index contributed by atoms with van der Waals surface area (Å²) in [7, 11) is 1.65. The van der Waals surface area contributed by atoms with Crippen LogP contribution in [0.4, 0.5) is 4.39 Å². The van der Waals surface area contributed by atoms with Gasteiger partial charge in [-0.2, -0.15) is 4.98 Å². The molecule has 100 valence electrons. The van der Waals surface area contributed by atoms with E-state index in [0.717, 1.165) is 5.75 Å². The molecule has 0 saturated heterocycles. The van der Waals surface area contributed by atoms with Crippen LogP contribution in [0.1, 0.15) is 0 Å². The molecule has 0 spiro atoms. The highest BCUT2D eigenvalue weighted by molar-refractivity contribution is 7.99. The van der Waals surface area contributed by atoms with Crippen molar-refractivity contribution in [3.8, 4) is 11.6 Å². The van der Waals surface area contributed by atoms with Crippen molar-refractivity contribution in [3.05, 3.63) is 42.3 Å². The van der Waals surface area contributed by atoms with Crippen LogP contribution in [0.25, 0.3) is 0 Å². The third-order valence-electron chi connectivity index (χ3n) is 2.16. The third-order valence-corrected chi connectivity index (χ3v) is 2.99. The molecule has 2 aromatic rings. The molecule has 0 atom stereocenters. The van der Waals surface area contributed by atoms with E-state index in [4.69, 9.17) is 9.47 Å². The lowest BCUT2D eigenvalue weighted by molar-refractivity contribution is 0.218. The lowest BCUT2D eigenvalue weighted by atomic mass is 10.3. The number of ether oxygens (including phenoxy) is 2. The Hall–Kier alpha value is -1.66. The second-order valence-corrected chi connectivity index (χ2v) is 4.64. The molecule has 19 heavy (non-hydrogen) atoms. The van der Waals surface area contributed by atoms with E-state index in [0.29, 0.717) is 23.4 Å². The number of methoxy groups -OCH3 is 1. The number of aromatic nitrogens is 2. The van der Waals surface area contributed by atoms with E-state index in [1.165, 1.54) is 23.9 Å². The molecule has 6 heteroatoms. The molecule has 0 aliphatic carbocycles. The Bertz CT molecular complexity index is 522. The van der Waals surface area contributed by atoms with Crippen LogP contribution in [-0.4, -0.2) is 29.4 Å². The molecule has 0 amide bonds. The van der Waals surface area contributed by atoms with Gasteiger partial charge in [0.05, 0.1) is 6.61 Å². The number of thioether (sulfide) groups is 1. The molecule has 0 bridgehead atoms. The predicted molar refractivity (Wildman–Crippen MR) is 71.1 cm³/mol. The lowest BCUT2D eigenvalue weighted by Gasteiger charge is -2.05. The number of hydrogen-bond acceptors (Lipinski definition) is 5. The second-order valence-electron chi connectivity index (χ2n) is 3.57. The largest absolute Gasteiger partial charge is 0.439 e. The summed E-state index contributed by atoms with van der Waals surface area (Å²) >= 11 is 1.48. The van der Waals surface area contributed by atoms with Crippen LogP contribution in [-0.2, 0) is 4.74 Å². The van der Waals surface area contributed by atoms with Gasteiger partial charge in [-0.3, -0.25) is 0 Å². The Labute approximate surface area is 115 Å². The van der Waals surface area contributed by atoms with Crippen LogP contribution in [0, 0.1) is 5.82 Å². The fourth-order valence-electron chi connectivity index (χ4n) is 1.29. The molecule has 1 aromatic heterocycles. The molecule has 1 aromatic carbocycles. The molecule has 0 N–H and O–H groups in total. The lowest BCUT2D eigenvalue weighted by Crippen LogP contribution is -1.95. The molecule has 0 unspecified atom stereocenters. The Morgan fingerprint density at radius 2 is 2.00 bits per heavy atom. The molecule has 2 rings (SSSR count).